The van der Waals surface area contributed by atoms with Crippen molar-refractivity contribution in [2.75, 3.05) is 11.2 Å². The molecule has 1 unspecified atom stereocenters. The van der Waals surface area contributed by atoms with Crippen molar-refractivity contribution >= 4 is 16.5 Å². The van der Waals surface area contributed by atoms with E-state index in [4.69, 9.17) is 10.5 Å². The Morgan fingerprint density at radius 2 is 2.14 bits per heavy atom. The highest BCUT2D eigenvalue weighted by Crippen LogP contribution is 2.55. The number of hydrogen-bond donors (Lipinski definition) is 2. The Morgan fingerprint density at radius 3 is 2.86 bits per heavy atom. The zero-order chi connectivity index (χ0) is 25.6. The standard InChI is InChI=1S/C25H21FN8O2S/c1-12-31-32-24-25(3-4-25)36-23-15(9-28)20(17(26)7-18(23)34(12)24)22-16(10-30-33(22)2)13-5-14(8-27)21-19(6-13)37(35)11-29-21/h5-7,10,29H,3-4,8,11,27H2,1-2H3. The summed E-state index contributed by atoms with van der Waals surface area (Å²) >= 11 is 0. The fourth-order valence-electron chi connectivity index (χ4n) is 5.38. The normalized spacial score (nSPS) is 18.0. The molecule has 0 radical (unpaired) electrons. The van der Waals surface area contributed by atoms with Crippen LogP contribution >= 0.6 is 0 Å². The van der Waals surface area contributed by atoms with Gasteiger partial charge >= 0.3 is 0 Å². The lowest BCUT2D eigenvalue weighted by Gasteiger charge is -2.28. The van der Waals surface area contributed by atoms with E-state index in [1.807, 2.05) is 12.1 Å². The van der Waals surface area contributed by atoms with Crippen molar-refractivity contribution in [3.63, 3.8) is 0 Å². The van der Waals surface area contributed by atoms with Crippen molar-refractivity contribution in [2.24, 2.45) is 12.8 Å². The molecule has 1 atom stereocenters. The van der Waals surface area contributed by atoms with Gasteiger partial charge in [0.05, 0.1) is 50.4 Å². The van der Waals surface area contributed by atoms with Gasteiger partial charge in [-0.05, 0) is 43.0 Å². The van der Waals surface area contributed by atoms with Crippen molar-refractivity contribution in [3.8, 4) is 39.9 Å². The van der Waals surface area contributed by atoms with Crippen LogP contribution in [0.25, 0.3) is 28.1 Å². The van der Waals surface area contributed by atoms with Gasteiger partial charge in [-0.1, -0.05) is 0 Å². The molecule has 1 aliphatic carbocycles. The Hall–Kier alpha value is -4.08. The second-order valence-electron chi connectivity index (χ2n) is 9.48. The average molecular weight is 517 g/mol. The first-order valence-corrected chi connectivity index (χ1v) is 13.1. The van der Waals surface area contributed by atoms with Gasteiger partial charge in [-0.25, -0.2) is 4.39 Å². The number of rotatable bonds is 3. The Kier molecular flexibility index (Phi) is 4.47. The molecule has 4 aromatic rings. The quantitative estimate of drug-likeness (QED) is 0.424. The second kappa shape index (κ2) is 7.47. The van der Waals surface area contributed by atoms with Crippen LogP contribution in [0.4, 0.5) is 10.1 Å². The first-order chi connectivity index (χ1) is 17.9. The molecule has 2 aromatic heterocycles. The van der Waals surface area contributed by atoms with Gasteiger partial charge < -0.3 is 15.8 Å². The highest BCUT2D eigenvalue weighted by atomic mass is 32.2. The summed E-state index contributed by atoms with van der Waals surface area (Å²) in [6, 6.07) is 7.27. The number of aryl methyl sites for hydroxylation is 2. The highest BCUT2D eigenvalue weighted by Gasteiger charge is 2.55. The maximum absolute atomic E-state index is 16.1. The third-order valence-electron chi connectivity index (χ3n) is 7.31. The third-order valence-corrected chi connectivity index (χ3v) is 8.53. The third kappa shape index (κ3) is 2.92. The first kappa shape index (κ1) is 22.1. The summed E-state index contributed by atoms with van der Waals surface area (Å²) in [5.41, 5.74) is 9.19. The molecule has 2 aromatic carbocycles. The molecule has 3 N–H and O–H groups in total. The van der Waals surface area contributed by atoms with E-state index in [-0.39, 0.29) is 17.7 Å². The predicted octanol–water partition coefficient (Wildman–Crippen LogP) is 2.98. The van der Waals surface area contributed by atoms with Gasteiger partial charge in [0.25, 0.3) is 0 Å². The Morgan fingerprint density at radius 1 is 1.32 bits per heavy atom. The summed E-state index contributed by atoms with van der Waals surface area (Å²) in [5, 5.41) is 26.3. The average Bonchev–Trinajstić information content (AvgIpc) is 3.17. The van der Waals surface area contributed by atoms with Gasteiger partial charge in [0.2, 0.25) is 0 Å². The van der Waals surface area contributed by atoms with Gasteiger partial charge in [0.1, 0.15) is 23.3 Å². The van der Waals surface area contributed by atoms with Crippen molar-refractivity contribution < 1.29 is 13.3 Å². The second-order valence-corrected chi connectivity index (χ2v) is 10.9. The number of ether oxygens (including phenoxy) is 1. The molecule has 12 heteroatoms. The lowest BCUT2D eigenvalue weighted by atomic mass is 9.94. The zero-order valence-corrected chi connectivity index (χ0v) is 20.8. The van der Waals surface area contributed by atoms with E-state index in [0.717, 1.165) is 24.1 Å². The SMILES string of the molecule is Cc1nnc2n1-c1cc(F)c(-c3c(-c4cc(CN)c5c(c4)S(=O)CN5)cnn3C)c(C#N)c1OC21CC1. The van der Waals surface area contributed by atoms with E-state index < -0.39 is 22.2 Å². The molecule has 4 heterocycles. The largest absolute Gasteiger partial charge is 0.476 e. The first-order valence-electron chi connectivity index (χ1n) is 11.8. The van der Waals surface area contributed by atoms with Crippen LogP contribution in [0, 0.1) is 24.1 Å². The van der Waals surface area contributed by atoms with Gasteiger partial charge in [-0.3, -0.25) is 13.5 Å². The maximum Gasteiger partial charge on any atom is 0.182 e. The molecule has 0 amide bonds. The van der Waals surface area contributed by atoms with E-state index in [1.165, 1.54) is 10.7 Å². The van der Waals surface area contributed by atoms with Gasteiger partial charge in [0, 0.05) is 25.2 Å². The van der Waals surface area contributed by atoms with E-state index in [9.17, 15) is 9.47 Å². The van der Waals surface area contributed by atoms with Crippen LogP contribution in [-0.4, -0.2) is 34.6 Å². The summed E-state index contributed by atoms with van der Waals surface area (Å²) in [7, 11) is 0.469. The molecule has 1 saturated carbocycles. The molecule has 37 heavy (non-hydrogen) atoms. The fourth-order valence-corrected chi connectivity index (χ4v) is 6.50. The van der Waals surface area contributed by atoms with E-state index in [1.54, 1.807) is 24.7 Å². The molecule has 0 bridgehead atoms. The van der Waals surface area contributed by atoms with Crippen LogP contribution in [0.2, 0.25) is 0 Å². The number of nitrogens with two attached hydrogens (primary N) is 1. The molecule has 186 valence electrons. The Labute approximate surface area is 213 Å². The summed E-state index contributed by atoms with van der Waals surface area (Å²) in [6.45, 7) is 2.03. The number of nitrogens with one attached hydrogen (secondary N) is 1. The number of halogens is 1. The van der Waals surface area contributed by atoms with Crippen LogP contribution in [0.15, 0.2) is 29.3 Å². The predicted molar refractivity (Wildman–Crippen MR) is 133 cm³/mol. The lowest BCUT2D eigenvalue weighted by molar-refractivity contribution is 0.156. The molecular formula is C25H21FN8O2S. The van der Waals surface area contributed by atoms with Crippen molar-refractivity contribution in [2.45, 2.75) is 36.8 Å². The fraction of sp³-hybridized carbons (Fsp3) is 0.280. The molecule has 7 rings (SSSR count). The van der Waals surface area contributed by atoms with Crippen LogP contribution in [0.5, 0.6) is 5.75 Å². The Bertz CT molecular complexity index is 1730. The highest BCUT2D eigenvalue weighted by molar-refractivity contribution is 7.85. The van der Waals surface area contributed by atoms with Gasteiger partial charge in [0.15, 0.2) is 17.2 Å². The topological polar surface area (TPSA) is 137 Å². The minimum Gasteiger partial charge on any atom is -0.476 e. The van der Waals surface area contributed by atoms with Crippen molar-refractivity contribution in [1.82, 2.24) is 24.5 Å². The number of hydrogen-bond acceptors (Lipinski definition) is 8. The smallest absolute Gasteiger partial charge is 0.182 e. The molecule has 1 fully saturated rings. The van der Waals surface area contributed by atoms with E-state index in [0.29, 0.717) is 50.7 Å². The van der Waals surface area contributed by atoms with Gasteiger partial charge in [-0.2, -0.15) is 10.4 Å². The summed E-state index contributed by atoms with van der Waals surface area (Å²) in [5.74, 6) is 1.25. The number of anilines is 1. The van der Waals surface area contributed by atoms with Crippen LogP contribution < -0.4 is 15.8 Å². The maximum atomic E-state index is 16.1. The van der Waals surface area contributed by atoms with E-state index >= 15 is 4.39 Å². The number of nitriles is 1. The number of nitrogens with zero attached hydrogens (tertiary/aromatic N) is 6. The van der Waals surface area contributed by atoms with Crippen molar-refractivity contribution in [1.29, 1.82) is 5.26 Å². The summed E-state index contributed by atoms with van der Waals surface area (Å²) in [6.07, 6.45) is 3.09. The molecule has 10 nitrogen and oxygen atoms in total. The number of benzene rings is 2. The monoisotopic (exact) mass is 516 g/mol. The molecule has 0 saturated heterocycles. The summed E-state index contributed by atoms with van der Waals surface area (Å²) in [4.78, 5) is 0.647. The zero-order valence-electron chi connectivity index (χ0n) is 20.0. The minimum atomic E-state index is -1.23. The number of fused-ring (bicyclic) bond motifs is 5. The van der Waals surface area contributed by atoms with Crippen LogP contribution in [0.1, 0.15) is 35.6 Å². The minimum absolute atomic E-state index is 0.0790. The molecular weight excluding hydrogens is 495 g/mol. The van der Waals surface area contributed by atoms with Gasteiger partial charge in [-0.15, -0.1) is 10.2 Å². The Balaban J connectivity index is 1.48. The molecule has 2 aliphatic heterocycles. The van der Waals surface area contributed by atoms with E-state index in [2.05, 4.69) is 26.7 Å². The van der Waals surface area contributed by atoms with Crippen LogP contribution in [-0.2, 0) is 30.0 Å². The number of aromatic nitrogens is 5. The molecule has 3 aliphatic rings. The molecule has 1 spiro atoms. The summed E-state index contributed by atoms with van der Waals surface area (Å²) < 4.78 is 38.4. The van der Waals surface area contributed by atoms with Crippen molar-refractivity contribution in [3.05, 3.63) is 53.0 Å². The van der Waals surface area contributed by atoms with Crippen LogP contribution in [0.3, 0.4) is 0 Å². The lowest BCUT2D eigenvalue weighted by Crippen LogP contribution is -2.28.